The fraction of sp³-hybridized carbons (Fsp3) is 0.769. The molecule has 0 aliphatic heterocycles. The van der Waals surface area contributed by atoms with E-state index in [9.17, 15) is 45.1 Å². The van der Waals surface area contributed by atoms with Crippen LogP contribution in [0.4, 0.5) is 0 Å². The third kappa shape index (κ3) is 75.1. The number of unbranched alkanes of at least 4 members (excludes halogenated alkanes) is 64. The average Bonchev–Trinajstić information content (AvgIpc) is 0.813. The van der Waals surface area contributed by atoms with Gasteiger partial charge in [-0.25, -0.2) is 36.0 Å². The molecule has 0 aliphatic carbocycles. The number of allylic oxidation sites excluding steroid dienone is 8. The van der Waals surface area contributed by atoms with Gasteiger partial charge in [-0.1, -0.05) is 436 Å². The molecule has 0 fully saturated rings. The van der Waals surface area contributed by atoms with E-state index in [2.05, 4.69) is 76.3 Å². The van der Waals surface area contributed by atoms with Crippen LogP contribution < -0.4 is 0 Å². The average molecular weight is 1760 g/mol. The second kappa shape index (κ2) is 88.4. The molecule has 2 aromatic rings. The summed E-state index contributed by atoms with van der Waals surface area (Å²) in [4.78, 5) is 50.7. The number of hydrogen-bond acceptors (Lipinski definition) is 14. The summed E-state index contributed by atoms with van der Waals surface area (Å²) in [7, 11) is -9.64. The molecule has 14 nitrogen and oxygen atoms in total. The van der Waals surface area contributed by atoms with Crippen LogP contribution in [0, 0.1) is 0 Å². The fourth-order valence-corrected chi connectivity index (χ4v) is 16.2. The van der Waals surface area contributed by atoms with E-state index < -0.39 is 53.9 Å². The van der Waals surface area contributed by atoms with E-state index in [1.165, 1.54) is 385 Å². The van der Waals surface area contributed by atoms with Gasteiger partial charge in [0, 0.05) is 0 Å². The molecular formula is C104H178CaO14S2. The van der Waals surface area contributed by atoms with Gasteiger partial charge in [0.1, 0.15) is 20.2 Å². The Morgan fingerprint density at radius 2 is 0.364 bits per heavy atom. The van der Waals surface area contributed by atoms with Crippen molar-refractivity contribution in [2.45, 2.75) is 500 Å². The first-order valence-electron chi connectivity index (χ1n) is 50.1. The van der Waals surface area contributed by atoms with Crippen LogP contribution in [-0.2, 0) is 39.2 Å². The van der Waals surface area contributed by atoms with E-state index in [-0.39, 0.29) is 86.4 Å². The van der Waals surface area contributed by atoms with Crippen molar-refractivity contribution in [1.29, 1.82) is 0 Å². The van der Waals surface area contributed by atoms with Gasteiger partial charge < -0.3 is 28.1 Å². The summed E-state index contributed by atoms with van der Waals surface area (Å²) in [6.45, 7) is 9.71. The molecule has 2 aromatic carbocycles. The van der Waals surface area contributed by atoms with Crippen molar-refractivity contribution in [1.82, 2.24) is 0 Å². The minimum Gasteiger partial charge on any atom is -0.744 e. The van der Waals surface area contributed by atoms with Crippen molar-refractivity contribution in [2.24, 2.45) is 0 Å². The molecular weight excluding hydrogens is 1580 g/mol. The molecule has 0 radical (unpaired) electrons. The predicted octanol–water partition coefficient (Wildman–Crippen LogP) is 31.8. The standard InChI is InChI=1S/2C52H90O7S.Ca/c2*1-3-5-7-9-11-13-15-17-19-21-23-25-27-29-31-33-35-37-39-41-45-58-51(53)49-44-43-48(60(55,56)57)47-50(49)52(54)59-46-42-40-38-36-34-32-30-28-26-24-22-20-18-16-14-12-10-8-6-4-2;/h2*9-12,43-44,47H,3-8,13-42,45-46H2,1-2H3,(H,55,56,57);/q;;+2/p-2/b2*11-9+,12-10+;. The van der Waals surface area contributed by atoms with Gasteiger partial charge in [0.15, 0.2) is 0 Å². The molecule has 0 N–H and O–H groups in total. The molecule has 17 heteroatoms. The van der Waals surface area contributed by atoms with E-state index in [0.717, 1.165) is 88.5 Å². The van der Waals surface area contributed by atoms with Gasteiger partial charge in [0.05, 0.1) is 58.5 Å². The quantitative estimate of drug-likeness (QED) is 0.0150. The predicted molar refractivity (Wildman–Crippen MR) is 507 cm³/mol. The van der Waals surface area contributed by atoms with Gasteiger partial charge in [-0.15, -0.1) is 0 Å². The Morgan fingerprint density at radius 3 is 0.521 bits per heavy atom. The SMILES string of the molecule is CCCC/C=C/CCCCCCCCCCCCCCCCOC(=O)c1ccc(S(=O)(=O)[O-])cc1C(=O)OCCCCCCCCCCCCCCCC/C=C/CCCC.CCCC/C=C/CCCCCCCCCCCCCCCCOC(=O)c1ccc(S(=O)(=O)[O-])cc1C(=O)OCCCCCCCCCCCCCCCC/C=C/CCCC.[Ca+2]. The molecule has 0 atom stereocenters. The van der Waals surface area contributed by atoms with Gasteiger partial charge in [-0.2, -0.15) is 0 Å². The van der Waals surface area contributed by atoms with Crippen LogP contribution in [0.15, 0.2) is 94.8 Å². The number of ether oxygens (including phenoxy) is 4. The van der Waals surface area contributed by atoms with Gasteiger partial charge in [-0.3, -0.25) is 0 Å². The van der Waals surface area contributed by atoms with E-state index >= 15 is 0 Å². The molecule has 121 heavy (non-hydrogen) atoms. The maximum Gasteiger partial charge on any atom is 2.00 e. The van der Waals surface area contributed by atoms with Crippen LogP contribution in [0.2, 0.25) is 0 Å². The fourth-order valence-electron chi connectivity index (χ4n) is 15.2. The Balaban J connectivity index is 0.00000236. The zero-order chi connectivity index (χ0) is 87.2. The van der Waals surface area contributed by atoms with Crippen LogP contribution >= 0.6 is 0 Å². The van der Waals surface area contributed by atoms with Crippen LogP contribution in [0.3, 0.4) is 0 Å². The van der Waals surface area contributed by atoms with E-state index in [0.29, 0.717) is 25.7 Å². The van der Waals surface area contributed by atoms with Gasteiger partial charge in [-0.05, 0) is 139 Å². The molecule has 0 aromatic heterocycles. The first-order chi connectivity index (χ1) is 58.6. The molecule has 0 heterocycles. The number of carbonyl (C=O) groups is 4. The van der Waals surface area contributed by atoms with Crippen molar-refractivity contribution >= 4 is 81.9 Å². The number of hydrogen-bond donors (Lipinski definition) is 0. The number of esters is 4. The maximum atomic E-state index is 13.0. The van der Waals surface area contributed by atoms with Crippen LogP contribution in [0.25, 0.3) is 0 Å². The summed E-state index contributed by atoms with van der Waals surface area (Å²) >= 11 is 0. The molecule has 692 valence electrons. The smallest absolute Gasteiger partial charge is 0.744 e. The minimum atomic E-state index is -4.82. The van der Waals surface area contributed by atoms with Crippen LogP contribution in [0.5, 0.6) is 0 Å². The monoisotopic (exact) mass is 1760 g/mol. The topological polar surface area (TPSA) is 220 Å². The second-order valence-corrected chi connectivity index (χ2v) is 37.0. The maximum absolute atomic E-state index is 13.0. The number of rotatable bonds is 86. The van der Waals surface area contributed by atoms with Crippen molar-refractivity contribution in [3.8, 4) is 0 Å². The Bertz CT molecular complexity index is 2880. The van der Waals surface area contributed by atoms with Gasteiger partial charge in [0.25, 0.3) is 0 Å². The molecule has 0 bridgehead atoms. The molecule has 2 rings (SSSR count). The van der Waals surface area contributed by atoms with Gasteiger partial charge in [0.2, 0.25) is 0 Å². The Hall–Kier alpha value is -3.64. The number of benzene rings is 2. The molecule has 0 saturated heterocycles. The molecule has 0 spiro atoms. The summed E-state index contributed by atoms with van der Waals surface area (Å²) < 4.78 is 91.9. The third-order valence-electron chi connectivity index (χ3n) is 23.0. The summed E-state index contributed by atoms with van der Waals surface area (Å²) in [6, 6.07) is 6.31. The molecule has 0 saturated carbocycles. The van der Waals surface area contributed by atoms with E-state index in [1.807, 2.05) is 0 Å². The summed E-state index contributed by atoms with van der Waals surface area (Å²) in [6.07, 6.45) is 107. The Kier molecular flexibility index (Phi) is 85.7. The third-order valence-corrected chi connectivity index (χ3v) is 24.7. The first kappa shape index (κ1) is 117. The summed E-state index contributed by atoms with van der Waals surface area (Å²) in [5.41, 5.74) is -0.661. The van der Waals surface area contributed by atoms with Crippen LogP contribution in [0.1, 0.15) is 531 Å². The van der Waals surface area contributed by atoms with Crippen LogP contribution in [-0.4, -0.2) is 114 Å². The van der Waals surface area contributed by atoms with Crippen molar-refractivity contribution in [3.05, 3.63) is 107 Å². The summed E-state index contributed by atoms with van der Waals surface area (Å²) in [5.74, 6) is -3.08. The Morgan fingerprint density at radius 1 is 0.223 bits per heavy atom. The number of carbonyl (C=O) groups excluding carboxylic acids is 4. The van der Waals surface area contributed by atoms with Gasteiger partial charge >= 0.3 is 61.6 Å². The normalized spacial score (nSPS) is 11.8. The van der Waals surface area contributed by atoms with Crippen molar-refractivity contribution < 1.29 is 64.1 Å². The second-order valence-electron chi connectivity index (χ2n) is 34.3. The van der Waals surface area contributed by atoms with E-state index in [1.54, 1.807) is 0 Å². The molecule has 0 aliphatic rings. The van der Waals surface area contributed by atoms with Crippen molar-refractivity contribution in [3.63, 3.8) is 0 Å². The zero-order valence-corrected chi connectivity index (χ0v) is 81.9. The van der Waals surface area contributed by atoms with E-state index in [4.69, 9.17) is 18.9 Å². The zero-order valence-electron chi connectivity index (χ0n) is 78.1. The summed E-state index contributed by atoms with van der Waals surface area (Å²) in [5, 5.41) is 0. The molecule has 0 unspecified atom stereocenters. The minimum absolute atomic E-state index is 0. The largest absolute Gasteiger partial charge is 2.00 e. The van der Waals surface area contributed by atoms with Crippen molar-refractivity contribution in [2.75, 3.05) is 26.4 Å². The first-order valence-corrected chi connectivity index (χ1v) is 52.9. The Labute approximate surface area is 773 Å². The molecule has 0 amide bonds.